The number of rotatable bonds is 9. The predicted molar refractivity (Wildman–Crippen MR) is 100 cm³/mol. The van der Waals surface area contributed by atoms with Crippen molar-refractivity contribution in [3.05, 3.63) is 58.4 Å². The van der Waals surface area contributed by atoms with Gasteiger partial charge in [-0.15, -0.1) is 0 Å². The molecule has 28 heavy (non-hydrogen) atoms. The minimum atomic E-state index is -0.542. The highest BCUT2D eigenvalue weighted by atomic mass is 32.1. The lowest BCUT2D eigenvalue weighted by atomic mass is 10.1. The molecular weight excluding hydrogens is 385 g/mol. The van der Waals surface area contributed by atoms with E-state index in [1.54, 1.807) is 18.2 Å². The number of nitrogens with zero attached hydrogens (tertiary/aromatic N) is 2. The van der Waals surface area contributed by atoms with E-state index in [0.29, 0.717) is 23.7 Å². The van der Waals surface area contributed by atoms with Crippen LogP contribution in [0.2, 0.25) is 0 Å². The Morgan fingerprint density at radius 3 is 2.86 bits per heavy atom. The van der Waals surface area contributed by atoms with Crippen LogP contribution in [0.4, 0.5) is 4.39 Å². The smallest absolute Gasteiger partial charge is 0.306 e. The van der Waals surface area contributed by atoms with Gasteiger partial charge >= 0.3 is 5.97 Å². The Labute approximate surface area is 164 Å². The summed E-state index contributed by atoms with van der Waals surface area (Å²) in [4.78, 5) is 27.7. The number of nitrogens with one attached hydrogen (secondary N) is 1. The third kappa shape index (κ3) is 5.71. The van der Waals surface area contributed by atoms with Crippen molar-refractivity contribution in [2.45, 2.75) is 19.3 Å². The molecule has 2 aromatic heterocycles. The van der Waals surface area contributed by atoms with Gasteiger partial charge in [0.1, 0.15) is 5.82 Å². The number of aromatic nitrogens is 2. The van der Waals surface area contributed by atoms with Crippen molar-refractivity contribution in [3.8, 4) is 11.4 Å². The lowest BCUT2D eigenvalue weighted by Crippen LogP contribution is -2.30. The van der Waals surface area contributed by atoms with Gasteiger partial charge in [0.05, 0.1) is 6.42 Å². The van der Waals surface area contributed by atoms with E-state index in [1.165, 1.54) is 17.4 Å². The summed E-state index contributed by atoms with van der Waals surface area (Å²) in [6.45, 7) is -0.134. The molecule has 0 spiro atoms. The molecule has 3 rings (SSSR count). The second-order valence-electron chi connectivity index (χ2n) is 5.88. The topological polar surface area (TPSA) is 94.3 Å². The van der Waals surface area contributed by atoms with E-state index in [2.05, 4.69) is 15.5 Å². The maximum Gasteiger partial charge on any atom is 0.306 e. The SMILES string of the molecule is O=C(COC(=O)CCc1nc(-c2ccsc2)no1)NCCc1ccccc1F. The molecule has 0 aliphatic carbocycles. The van der Waals surface area contributed by atoms with Gasteiger partial charge in [-0.25, -0.2) is 4.39 Å². The number of hydrogen-bond donors (Lipinski definition) is 1. The summed E-state index contributed by atoms with van der Waals surface area (Å²) >= 11 is 1.52. The van der Waals surface area contributed by atoms with Gasteiger partial charge in [0.25, 0.3) is 5.91 Å². The molecular formula is C19H18FN3O4S. The summed E-state index contributed by atoms with van der Waals surface area (Å²) in [5.74, 6) is -0.501. The van der Waals surface area contributed by atoms with Gasteiger partial charge in [-0.2, -0.15) is 16.3 Å². The number of halogens is 1. The number of benzene rings is 1. The van der Waals surface area contributed by atoms with E-state index in [9.17, 15) is 14.0 Å². The molecule has 2 heterocycles. The maximum absolute atomic E-state index is 13.5. The molecule has 0 aliphatic heterocycles. The van der Waals surface area contributed by atoms with Crippen molar-refractivity contribution in [2.24, 2.45) is 0 Å². The van der Waals surface area contributed by atoms with E-state index < -0.39 is 11.9 Å². The van der Waals surface area contributed by atoms with Gasteiger partial charge in [-0.3, -0.25) is 9.59 Å². The number of carbonyl (C=O) groups excluding carboxylic acids is 2. The minimum absolute atomic E-state index is 0.0216. The van der Waals surface area contributed by atoms with Crippen LogP contribution in [0.5, 0.6) is 0 Å². The third-order valence-electron chi connectivity index (χ3n) is 3.83. The zero-order valence-corrected chi connectivity index (χ0v) is 15.7. The van der Waals surface area contributed by atoms with Gasteiger partial charge < -0.3 is 14.6 Å². The van der Waals surface area contributed by atoms with Crippen molar-refractivity contribution in [2.75, 3.05) is 13.2 Å². The normalized spacial score (nSPS) is 10.6. The lowest BCUT2D eigenvalue weighted by molar-refractivity contribution is -0.148. The molecule has 146 valence electrons. The molecule has 1 N–H and O–H groups in total. The van der Waals surface area contributed by atoms with Crippen molar-refractivity contribution in [3.63, 3.8) is 0 Å². The fourth-order valence-electron chi connectivity index (χ4n) is 2.38. The predicted octanol–water partition coefficient (Wildman–Crippen LogP) is 2.77. The minimum Gasteiger partial charge on any atom is -0.456 e. The van der Waals surface area contributed by atoms with Gasteiger partial charge in [0.15, 0.2) is 6.61 Å². The van der Waals surface area contributed by atoms with E-state index in [0.717, 1.165) is 5.56 Å². The van der Waals surface area contributed by atoms with Crippen molar-refractivity contribution < 1.29 is 23.2 Å². The molecule has 0 radical (unpaired) electrons. The third-order valence-corrected chi connectivity index (χ3v) is 4.51. The zero-order valence-electron chi connectivity index (χ0n) is 14.9. The summed E-state index contributed by atoms with van der Waals surface area (Å²) in [5, 5.41) is 10.2. The van der Waals surface area contributed by atoms with Crippen LogP contribution in [0.1, 0.15) is 17.9 Å². The molecule has 3 aromatic rings. The summed E-state index contributed by atoms with van der Waals surface area (Å²) < 4.78 is 23.5. The number of thiophene rings is 1. The Morgan fingerprint density at radius 1 is 1.21 bits per heavy atom. The van der Waals surface area contributed by atoms with Crippen LogP contribution in [0.15, 0.2) is 45.6 Å². The highest BCUT2D eigenvalue weighted by molar-refractivity contribution is 7.08. The van der Waals surface area contributed by atoms with Crippen molar-refractivity contribution in [1.29, 1.82) is 0 Å². The van der Waals surface area contributed by atoms with Crippen LogP contribution in [0.25, 0.3) is 11.4 Å². The molecule has 9 heteroatoms. The average molecular weight is 403 g/mol. The number of hydrogen-bond acceptors (Lipinski definition) is 7. The monoisotopic (exact) mass is 403 g/mol. The quantitative estimate of drug-likeness (QED) is 0.552. The molecule has 7 nitrogen and oxygen atoms in total. The first-order valence-electron chi connectivity index (χ1n) is 8.62. The van der Waals surface area contributed by atoms with Crippen LogP contribution in [-0.4, -0.2) is 35.2 Å². The largest absolute Gasteiger partial charge is 0.456 e. The first-order valence-corrected chi connectivity index (χ1v) is 9.57. The molecule has 0 atom stereocenters. The first-order chi connectivity index (χ1) is 13.6. The van der Waals surface area contributed by atoms with Crippen molar-refractivity contribution in [1.82, 2.24) is 15.5 Å². The highest BCUT2D eigenvalue weighted by Gasteiger charge is 2.13. The Bertz CT molecular complexity index is 927. The molecule has 0 fully saturated rings. The standard InChI is InChI=1S/C19H18FN3O4S/c20-15-4-2-1-3-13(15)7-9-21-16(24)11-26-18(25)6-5-17-22-19(23-27-17)14-8-10-28-12-14/h1-4,8,10,12H,5-7,9,11H2,(H,21,24). The molecule has 0 saturated heterocycles. The summed E-state index contributed by atoms with van der Waals surface area (Å²) in [6.07, 6.45) is 0.606. The molecule has 0 unspecified atom stereocenters. The molecule has 0 bridgehead atoms. The number of amides is 1. The first kappa shape index (κ1) is 19.7. The Balaban J connectivity index is 1.33. The van der Waals surface area contributed by atoms with Gasteiger partial charge in [0.2, 0.25) is 11.7 Å². The fourth-order valence-corrected chi connectivity index (χ4v) is 3.02. The van der Waals surface area contributed by atoms with Crippen LogP contribution >= 0.6 is 11.3 Å². The van der Waals surface area contributed by atoms with Crippen LogP contribution < -0.4 is 5.32 Å². The summed E-state index contributed by atoms with van der Waals surface area (Å²) in [6, 6.07) is 8.23. The number of ether oxygens (including phenoxy) is 1. The summed E-state index contributed by atoms with van der Waals surface area (Å²) in [5.41, 5.74) is 1.37. The van der Waals surface area contributed by atoms with Gasteiger partial charge in [-0.1, -0.05) is 23.4 Å². The summed E-state index contributed by atoms with van der Waals surface area (Å²) in [7, 11) is 0. The number of aryl methyl sites for hydroxylation is 1. The molecule has 0 aliphatic rings. The van der Waals surface area contributed by atoms with Crippen LogP contribution in [0.3, 0.4) is 0 Å². The van der Waals surface area contributed by atoms with Crippen molar-refractivity contribution >= 4 is 23.2 Å². The zero-order chi connectivity index (χ0) is 19.8. The van der Waals surface area contributed by atoms with Crippen LogP contribution in [0, 0.1) is 5.82 Å². The molecule has 1 amide bonds. The second-order valence-corrected chi connectivity index (χ2v) is 6.66. The van der Waals surface area contributed by atoms with Gasteiger partial charge in [0, 0.05) is 23.9 Å². The van der Waals surface area contributed by atoms with Gasteiger partial charge in [-0.05, 0) is 29.5 Å². The fraction of sp³-hybridized carbons (Fsp3) is 0.263. The average Bonchev–Trinajstić information content (AvgIpc) is 3.38. The second kappa shape index (κ2) is 9.75. The lowest BCUT2D eigenvalue weighted by Gasteiger charge is -2.07. The Hall–Kier alpha value is -3.07. The van der Waals surface area contributed by atoms with E-state index >= 15 is 0 Å². The maximum atomic E-state index is 13.5. The Morgan fingerprint density at radius 2 is 2.07 bits per heavy atom. The molecule has 0 saturated carbocycles. The number of carbonyl (C=O) groups is 2. The number of esters is 1. The van der Waals surface area contributed by atoms with E-state index in [-0.39, 0.29) is 31.8 Å². The van der Waals surface area contributed by atoms with Crippen LogP contribution in [-0.2, 0) is 27.2 Å². The highest BCUT2D eigenvalue weighted by Crippen LogP contribution is 2.19. The molecule has 1 aromatic carbocycles. The van der Waals surface area contributed by atoms with E-state index in [1.807, 2.05) is 16.8 Å². The van der Waals surface area contributed by atoms with E-state index in [4.69, 9.17) is 9.26 Å². The Kier molecular flexibility index (Phi) is 6.85.